The first kappa shape index (κ1) is 6.15. The quantitative estimate of drug-likeness (QED) is 0.392. The van der Waals surface area contributed by atoms with Crippen molar-refractivity contribution in [1.82, 2.24) is 4.72 Å². The average Bonchev–Trinajstić information content (AvgIpc) is 2.41. The number of epoxide rings is 1. The molecule has 1 rings (SSSR count). The lowest BCUT2D eigenvalue weighted by atomic mass is 10.5. The number of rotatable bonds is 3. The van der Waals surface area contributed by atoms with Crippen LogP contribution in [0.3, 0.4) is 0 Å². The third-order valence-electron chi connectivity index (χ3n) is 0.837. The first-order valence-electron chi connectivity index (χ1n) is 2.25. The summed E-state index contributed by atoms with van der Waals surface area (Å²) in [6, 6.07) is 0. The van der Waals surface area contributed by atoms with Crippen LogP contribution >= 0.6 is 0 Å². The number of ether oxygens (including phenoxy) is 1. The van der Waals surface area contributed by atoms with Gasteiger partial charge in [0.15, 0.2) is 0 Å². The molecule has 2 atom stereocenters. The summed E-state index contributed by atoms with van der Waals surface area (Å²) in [5, 5.41) is 0. The Morgan fingerprint density at radius 2 is 2.62 bits per heavy atom. The van der Waals surface area contributed by atoms with Crippen LogP contribution in [0.25, 0.3) is 0 Å². The van der Waals surface area contributed by atoms with Crippen molar-refractivity contribution in [2.24, 2.45) is 0 Å². The Morgan fingerprint density at radius 1 is 2.00 bits per heavy atom. The largest absolute Gasteiger partial charge is 0.372 e. The molecule has 48 valence electrons. The van der Waals surface area contributed by atoms with E-state index >= 15 is 0 Å². The van der Waals surface area contributed by atoms with E-state index in [1.165, 1.54) is 0 Å². The Balaban J connectivity index is 1.95. The van der Waals surface area contributed by atoms with Crippen LogP contribution in [0.2, 0.25) is 0 Å². The van der Waals surface area contributed by atoms with Gasteiger partial charge in [0, 0.05) is 6.54 Å². The van der Waals surface area contributed by atoms with E-state index in [1.54, 1.807) is 0 Å². The van der Waals surface area contributed by atoms with Crippen LogP contribution in [0.15, 0.2) is 0 Å². The van der Waals surface area contributed by atoms with Gasteiger partial charge >= 0.3 is 0 Å². The maximum Gasteiger partial charge on any atom is 0.231 e. The van der Waals surface area contributed by atoms with Gasteiger partial charge in [0.1, 0.15) is 0 Å². The molecule has 0 aromatic rings. The molecule has 0 radical (unpaired) electrons. The van der Waals surface area contributed by atoms with Crippen molar-refractivity contribution in [1.29, 1.82) is 0 Å². The lowest BCUT2D eigenvalue weighted by molar-refractivity contribution is 0.405. The van der Waals surface area contributed by atoms with Crippen molar-refractivity contribution in [3.63, 3.8) is 0 Å². The van der Waals surface area contributed by atoms with Gasteiger partial charge in [-0.15, -0.1) is 0 Å². The predicted molar refractivity (Wildman–Crippen MR) is 28.5 cm³/mol. The fourth-order valence-electron chi connectivity index (χ4n) is 0.350. The molecule has 0 spiro atoms. The Kier molecular flexibility index (Phi) is 1.95. The van der Waals surface area contributed by atoms with Crippen LogP contribution in [-0.2, 0) is 16.0 Å². The molecule has 5 heteroatoms. The minimum atomic E-state index is -1.88. The predicted octanol–water partition coefficient (Wildman–Crippen LogP) is -0.888. The molecule has 0 aromatic carbocycles. The molecular formula is C3H7NO3S. The van der Waals surface area contributed by atoms with Gasteiger partial charge in [0.2, 0.25) is 11.3 Å². The second kappa shape index (κ2) is 2.54. The van der Waals surface area contributed by atoms with Gasteiger partial charge in [-0.3, -0.25) is 4.55 Å². The van der Waals surface area contributed by atoms with Crippen molar-refractivity contribution in [3.05, 3.63) is 0 Å². The zero-order chi connectivity index (χ0) is 5.98. The minimum Gasteiger partial charge on any atom is -0.372 e. The molecule has 0 amide bonds. The second-order valence-corrected chi connectivity index (χ2v) is 2.34. The van der Waals surface area contributed by atoms with Crippen molar-refractivity contribution >= 4 is 11.3 Å². The number of hydrogen-bond acceptors (Lipinski definition) is 2. The molecule has 0 aliphatic carbocycles. The van der Waals surface area contributed by atoms with Crippen molar-refractivity contribution < 1.29 is 13.5 Å². The second-order valence-electron chi connectivity index (χ2n) is 1.55. The van der Waals surface area contributed by atoms with Crippen LogP contribution in [0.1, 0.15) is 0 Å². The summed E-state index contributed by atoms with van der Waals surface area (Å²) in [7, 11) is 0. The van der Waals surface area contributed by atoms with Gasteiger partial charge in [0.05, 0.1) is 12.7 Å². The van der Waals surface area contributed by atoms with E-state index in [-0.39, 0.29) is 6.10 Å². The Labute approximate surface area is 49.6 Å². The van der Waals surface area contributed by atoms with Gasteiger partial charge in [-0.1, -0.05) is 0 Å². The van der Waals surface area contributed by atoms with Gasteiger partial charge in [-0.2, -0.15) is 0 Å². The Hall–Kier alpha value is 0.0300. The normalized spacial score (nSPS) is 29.9. The van der Waals surface area contributed by atoms with Crippen LogP contribution < -0.4 is 4.72 Å². The van der Waals surface area contributed by atoms with E-state index in [0.29, 0.717) is 13.2 Å². The first-order valence-corrected chi connectivity index (χ1v) is 3.35. The van der Waals surface area contributed by atoms with Crippen LogP contribution in [0.5, 0.6) is 0 Å². The maximum absolute atomic E-state index is 9.88. The van der Waals surface area contributed by atoms with Crippen LogP contribution in [0.4, 0.5) is 0 Å². The van der Waals surface area contributed by atoms with E-state index in [0.717, 1.165) is 0 Å². The Morgan fingerprint density at radius 3 is 3.00 bits per heavy atom. The summed E-state index contributed by atoms with van der Waals surface area (Å²) in [4.78, 5) is 0. The third kappa shape index (κ3) is 2.37. The highest BCUT2D eigenvalue weighted by Crippen LogP contribution is 2.05. The molecule has 8 heavy (non-hydrogen) atoms. The van der Waals surface area contributed by atoms with E-state index in [2.05, 4.69) is 4.72 Å². The lowest BCUT2D eigenvalue weighted by Gasteiger charge is -1.90. The van der Waals surface area contributed by atoms with Crippen LogP contribution in [-0.4, -0.2) is 28.0 Å². The SMILES string of the molecule is O=S(O)NCC1CO1. The number of hydrogen-bond donors (Lipinski definition) is 2. The van der Waals surface area contributed by atoms with E-state index in [1.807, 2.05) is 0 Å². The summed E-state index contributed by atoms with van der Waals surface area (Å²) in [6.07, 6.45) is 0.172. The minimum absolute atomic E-state index is 0.172. The molecule has 2 unspecified atom stereocenters. The van der Waals surface area contributed by atoms with Crippen LogP contribution in [0, 0.1) is 0 Å². The van der Waals surface area contributed by atoms with Gasteiger partial charge in [-0.25, -0.2) is 8.93 Å². The summed E-state index contributed by atoms with van der Waals surface area (Å²) >= 11 is -1.88. The summed E-state index contributed by atoms with van der Waals surface area (Å²) < 4.78 is 25.1. The summed E-state index contributed by atoms with van der Waals surface area (Å²) in [5.74, 6) is 0. The standard InChI is InChI=1S/C3H7NO3S/c5-8(6)4-1-3-2-7-3/h3-4H,1-2H2,(H,5,6). The molecule has 0 bridgehead atoms. The average molecular weight is 137 g/mol. The van der Waals surface area contributed by atoms with Crippen molar-refractivity contribution in [3.8, 4) is 0 Å². The van der Waals surface area contributed by atoms with Crippen molar-refractivity contribution in [2.75, 3.05) is 13.2 Å². The molecule has 0 saturated carbocycles. The molecule has 2 N–H and O–H groups in total. The molecular weight excluding hydrogens is 130 g/mol. The molecule has 1 aliphatic heterocycles. The molecule has 1 heterocycles. The lowest BCUT2D eigenvalue weighted by Crippen LogP contribution is -2.21. The third-order valence-corrected chi connectivity index (χ3v) is 1.25. The zero-order valence-corrected chi connectivity index (χ0v) is 4.98. The van der Waals surface area contributed by atoms with Gasteiger partial charge in [-0.05, 0) is 0 Å². The monoisotopic (exact) mass is 137 g/mol. The highest BCUT2D eigenvalue weighted by Gasteiger charge is 2.21. The van der Waals surface area contributed by atoms with E-state index < -0.39 is 11.3 Å². The summed E-state index contributed by atoms with van der Waals surface area (Å²) in [5.41, 5.74) is 0. The topological polar surface area (TPSA) is 61.9 Å². The fraction of sp³-hybridized carbons (Fsp3) is 1.00. The maximum atomic E-state index is 9.88. The zero-order valence-electron chi connectivity index (χ0n) is 4.16. The smallest absolute Gasteiger partial charge is 0.231 e. The first-order chi connectivity index (χ1) is 3.79. The van der Waals surface area contributed by atoms with E-state index in [9.17, 15) is 4.21 Å². The molecule has 0 aromatic heterocycles. The van der Waals surface area contributed by atoms with E-state index in [4.69, 9.17) is 9.29 Å². The van der Waals surface area contributed by atoms with Crippen molar-refractivity contribution in [2.45, 2.75) is 6.10 Å². The molecule has 1 saturated heterocycles. The summed E-state index contributed by atoms with van der Waals surface area (Å²) in [6.45, 7) is 1.19. The molecule has 1 aliphatic rings. The molecule has 4 nitrogen and oxygen atoms in total. The number of nitrogens with one attached hydrogen (secondary N) is 1. The highest BCUT2D eigenvalue weighted by atomic mass is 32.2. The fourth-order valence-corrected chi connectivity index (χ4v) is 0.679. The highest BCUT2D eigenvalue weighted by molar-refractivity contribution is 7.77. The van der Waals surface area contributed by atoms with Gasteiger partial charge in [0.25, 0.3) is 0 Å². The Bertz CT molecular complexity index is 103. The molecule has 1 fully saturated rings. The van der Waals surface area contributed by atoms with Gasteiger partial charge < -0.3 is 4.74 Å².